The Balaban J connectivity index is 2.36. The van der Waals surface area contributed by atoms with Gasteiger partial charge >= 0.3 is 0 Å². The summed E-state index contributed by atoms with van der Waals surface area (Å²) in [5.41, 5.74) is 3.75. The lowest BCUT2D eigenvalue weighted by molar-refractivity contribution is 0.306. The Morgan fingerprint density at radius 1 is 1.24 bits per heavy atom. The fourth-order valence-corrected chi connectivity index (χ4v) is 2.92. The van der Waals surface area contributed by atoms with E-state index in [2.05, 4.69) is 22.0 Å². The molecule has 0 saturated heterocycles. The average molecular weight is 344 g/mol. The molecule has 0 amide bonds. The number of hydrogen-bond acceptors (Lipinski definition) is 2. The molecule has 2 aromatic carbocycles. The third-order valence-corrected chi connectivity index (χ3v) is 3.97. The topological polar surface area (TPSA) is 33.0 Å². The third kappa shape index (κ3) is 2.45. The Bertz CT molecular complexity index is 805. The van der Waals surface area contributed by atoms with Crippen LogP contribution in [0.3, 0.4) is 0 Å². The molecule has 2 nitrogen and oxygen atoms in total. The quantitative estimate of drug-likeness (QED) is 0.642. The number of fused-ring (bicyclic) bond motifs is 2. The summed E-state index contributed by atoms with van der Waals surface area (Å²) in [7, 11) is 0. The van der Waals surface area contributed by atoms with Gasteiger partial charge in [-0.3, -0.25) is 0 Å². The zero-order valence-corrected chi connectivity index (χ0v) is 12.9. The molecule has 0 aromatic heterocycles. The molecule has 0 unspecified atom stereocenters. The van der Waals surface area contributed by atoms with E-state index in [-0.39, 0.29) is 5.82 Å². The van der Waals surface area contributed by atoms with Crippen molar-refractivity contribution in [2.24, 2.45) is 0 Å². The van der Waals surface area contributed by atoms with Crippen LogP contribution < -0.4 is 4.74 Å². The molecule has 0 fully saturated rings. The van der Waals surface area contributed by atoms with Crippen LogP contribution in [0.15, 0.2) is 46.4 Å². The predicted octanol–water partition coefficient (Wildman–Crippen LogP) is 4.83. The molecule has 0 saturated carbocycles. The van der Waals surface area contributed by atoms with Crippen molar-refractivity contribution in [3.8, 4) is 11.8 Å². The number of ether oxygens (including phenoxy) is 1. The van der Waals surface area contributed by atoms with Crippen molar-refractivity contribution in [1.82, 2.24) is 0 Å². The lowest BCUT2D eigenvalue weighted by atomic mass is 9.91. The van der Waals surface area contributed by atoms with Crippen molar-refractivity contribution < 1.29 is 9.13 Å². The SMILES string of the molecule is CC(C#N)=C1c2ccc(Br)cc2COc2ccc(F)cc21. The highest BCUT2D eigenvalue weighted by atomic mass is 79.9. The van der Waals surface area contributed by atoms with Crippen molar-refractivity contribution >= 4 is 21.5 Å². The van der Waals surface area contributed by atoms with Gasteiger partial charge in [-0.15, -0.1) is 0 Å². The summed E-state index contributed by atoms with van der Waals surface area (Å²) in [5.74, 6) is 0.245. The molecule has 0 spiro atoms. The molecule has 21 heavy (non-hydrogen) atoms. The Labute approximate surface area is 130 Å². The smallest absolute Gasteiger partial charge is 0.127 e. The maximum Gasteiger partial charge on any atom is 0.127 e. The molecule has 3 rings (SSSR count). The van der Waals surface area contributed by atoms with E-state index >= 15 is 0 Å². The highest BCUT2D eigenvalue weighted by Gasteiger charge is 2.22. The van der Waals surface area contributed by atoms with Gasteiger partial charge in [0.15, 0.2) is 0 Å². The fourth-order valence-electron chi connectivity index (χ4n) is 2.51. The molecular weight excluding hydrogens is 333 g/mol. The summed E-state index contributed by atoms with van der Waals surface area (Å²) < 4.78 is 20.4. The molecule has 0 atom stereocenters. The maximum absolute atomic E-state index is 13.6. The van der Waals surface area contributed by atoms with E-state index in [1.165, 1.54) is 12.1 Å². The zero-order chi connectivity index (χ0) is 15.0. The molecule has 1 aliphatic heterocycles. The second-order valence-corrected chi connectivity index (χ2v) is 5.76. The van der Waals surface area contributed by atoms with Crippen LogP contribution in [0, 0.1) is 17.1 Å². The van der Waals surface area contributed by atoms with Gasteiger partial charge in [0, 0.05) is 21.2 Å². The molecule has 2 aromatic rings. The lowest BCUT2D eigenvalue weighted by Gasteiger charge is -2.11. The number of benzene rings is 2. The largest absolute Gasteiger partial charge is 0.488 e. The third-order valence-electron chi connectivity index (χ3n) is 3.47. The van der Waals surface area contributed by atoms with E-state index in [1.54, 1.807) is 13.0 Å². The van der Waals surface area contributed by atoms with Gasteiger partial charge in [0.1, 0.15) is 18.2 Å². The van der Waals surface area contributed by atoms with Crippen LogP contribution in [0.5, 0.6) is 5.75 Å². The van der Waals surface area contributed by atoms with Gasteiger partial charge in [-0.1, -0.05) is 22.0 Å². The first kappa shape index (κ1) is 13.8. The molecule has 4 heteroatoms. The summed E-state index contributed by atoms with van der Waals surface area (Å²) in [6, 6.07) is 12.4. The van der Waals surface area contributed by atoms with Crippen molar-refractivity contribution in [3.05, 3.63) is 69.0 Å². The summed E-state index contributed by atoms with van der Waals surface area (Å²) in [6.07, 6.45) is 0. The van der Waals surface area contributed by atoms with Gasteiger partial charge in [0.2, 0.25) is 0 Å². The minimum absolute atomic E-state index is 0.346. The Morgan fingerprint density at radius 3 is 2.81 bits per heavy atom. The van der Waals surface area contributed by atoms with Crippen molar-refractivity contribution in [2.45, 2.75) is 13.5 Å². The van der Waals surface area contributed by atoms with Crippen LogP contribution in [0.25, 0.3) is 5.57 Å². The van der Waals surface area contributed by atoms with Crippen LogP contribution in [0.4, 0.5) is 4.39 Å². The second-order valence-electron chi connectivity index (χ2n) is 4.84. The molecule has 0 radical (unpaired) electrons. The Morgan fingerprint density at radius 2 is 2.05 bits per heavy atom. The normalized spacial score (nSPS) is 15.1. The molecule has 0 aliphatic carbocycles. The molecule has 1 aliphatic rings. The van der Waals surface area contributed by atoms with Crippen LogP contribution in [-0.2, 0) is 6.61 Å². The van der Waals surface area contributed by atoms with E-state index < -0.39 is 0 Å². The first-order valence-corrected chi connectivity index (χ1v) is 7.22. The predicted molar refractivity (Wildman–Crippen MR) is 82.2 cm³/mol. The first-order chi connectivity index (χ1) is 10.1. The highest BCUT2D eigenvalue weighted by Crippen LogP contribution is 2.39. The van der Waals surface area contributed by atoms with Gasteiger partial charge in [-0.2, -0.15) is 5.26 Å². The molecule has 1 heterocycles. The second kappa shape index (κ2) is 5.34. The van der Waals surface area contributed by atoms with Crippen molar-refractivity contribution in [1.29, 1.82) is 5.26 Å². The molecule has 0 bridgehead atoms. The highest BCUT2D eigenvalue weighted by molar-refractivity contribution is 9.10. The molecule has 0 N–H and O–H groups in total. The van der Waals surface area contributed by atoms with Crippen molar-refractivity contribution in [3.63, 3.8) is 0 Å². The number of allylic oxidation sites excluding steroid dienone is 1. The lowest BCUT2D eigenvalue weighted by Crippen LogP contribution is -1.96. The number of nitrogens with zero attached hydrogens (tertiary/aromatic N) is 1. The van der Waals surface area contributed by atoms with Crippen LogP contribution in [0.2, 0.25) is 0 Å². The fraction of sp³-hybridized carbons (Fsp3) is 0.118. The van der Waals surface area contributed by atoms with E-state index in [1.807, 2.05) is 18.2 Å². The minimum atomic E-state index is -0.346. The van der Waals surface area contributed by atoms with E-state index in [9.17, 15) is 9.65 Å². The van der Waals surface area contributed by atoms with E-state index in [4.69, 9.17) is 4.74 Å². The van der Waals surface area contributed by atoms with Gasteiger partial charge < -0.3 is 4.74 Å². The summed E-state index contributed by atoms with van der Waals surface area (Å²) in [4.78, 5) is 0. The molecule has 104 valence electrons. The minimum Gasteiger partial charge on any atom is -0.488 e. The zero-order valence-electron chi connectivity index (χ0n) is 11.3. The number of nitriles is 1. The van der Waals surface area contributed by atoms with Gasteiger partial charge in [-0.05, 0) is 48.4 Å². The average Bonchev–Trinajstić information content (AvgIpc) is 2.62. The van der Waals surface area contributed by atoms with Gasteiger partial charge in [0.05, 0.1) is 6.07 Å². The standard InChI is InChI=1S/C17H11BrFNO/c1-10(8-20)17-14-4-2-12(18)6-11(14)9-21-16-5-3-13(19)7-15(16)17/h2-7H,9H2,1H3. The Kier molecular flexibility index (Phi) is 3.52. The van der Waals surface area contributed by atoms with Crippen LogP contribution in [0.1, 0.15) is 23.6 Å². The summed E-state index contributed by atoms with van der Waals surface area (Å²) in [6.45, 7) is 2.12. The number of halogens is 2. The van der Waals surface area contributed by atoms with E-state index in [0.29, 0.717) is 23.5 Å². The van der Waals surface area contributed by atoms with Crippen LogP contribution in [-0.4, -0.2) is 0 Å². The number of hydrogen-bond donors (Lipinski definition) is 0. The van der Waals surface area contributed by atoms with Gasteiger partial charge in [0.25, 0.3) is 0 Å². The van der Waals surface area contributed by atoms with Crippen molar-refractivity contribution in [2.75, 3.05) is 0 Å². The first-order valence-electron chi connectivity index (χ1n) is 6.42. The van der Waals surface area contributed by atoms with E-state index in [0.717, 1.165) is 21.2 Å². The maximum atomic E-state index is 13.6. The number of rotatable bonds is 0. The Hall–Kier alpha value is -2.12. The summed E-state index contributed by atoms with van der Waals surface area (Å²) in [5, 5.41) is 9.30. The van der Waals surface area contributed by atoms with Crippen LogP contribution >= 0.6 is 15.9 Å². The van der Waals surface area contributed by atoms with Gasteiger partial charge in [-0.25, -0.2) is 4.39 Å². The monoisotopic (exact) mass is 343 g/mol. The molecular formula is C17H11BrFNO. The summed E-state index contributed by atoms with van der Waals surface area (Å²) >= 11 is 3.44.